The quantitative estimate of drug-likeness (QED) is 0.503. The number of benzene rings is 1. The van der Waals surface area contributed by atoms with Crippen LogP contribution in [0.15, 0.2) is 29.2 Å². The number of nitrogens with one attached hydrogen (secondary N) is 1. The number of nitro groups is 1. The average molecular weight is 347 g/mol. The number of thiophene rings is 1. The van der Waals surface area contributed by atoms with Crippen molar-refractivity contribution in [3.05, 3.63) is 50.4 Å². The van der Waals surface area contributed by atoms with Crippen LogP contribution in [-0.4, -0.2) is 16.6 Å². The van der Waals surface area contributed by atoms with Crippen LogP contribution < -0.4 is 5.32 Å². The molecule has 1 N–H and O–H groups in total. The predicted molar refractivity (Wildman–Crippen MR) is 91.0 cm³/mol. The number of carbonyl (C=O) groups excluding carboxylic acids is 1. The Bertz CT molecular complexity index is 792. The summed E-state index contributed by atoms with van der Waals surface area (Å²) in [6.45, 7) is 3.76. The van der Waals surface area contributed by atoms with Gasteiger partial charge in [0.25, 0.3) is 5.69 Å². The molecule has 1 aromatic carbocycles. The van der Waals surface area contributed by atoms with Crippen LogP contribution in [0.1, 0.15) is 16.0 Å². The molecule has 0 unspecified atom stereocenters. The van der Waals surface area contributed by atoms with Gasteiger partial charge < -0.3 is 5.32 Å². The number of thioether (sulfide) groups is 1. The highest BCUT2D eigenvalue weighted by Crippen LogP contribution is 2.32. The highest BCUT2D eigenvalue weighted by Gasteiger charge is 2.14. The van der Waals surface area contributed by atoms with E-state index in [0.717, 1.165) is 15.3 Å². The van der Waals surface area contributed by atoms with Gasteiger partial charge in [-0.2, -0.15) is 5.26 Å². The molecular formula is C15H13N3O3S2. The Kier molecular flexibility index (Phi) is 5.36. The summed E-state index contributed by atoms with van der Waals surface area (Å²) in [6.07, 6.45) is 0. The molecule has 8 heteroatoms. The summed E-state index contributed by atoms with van der Waals surface area (Å²) >= 11 is 2.66. The lowest BCUT2D eigenvalue weighted by Gasteiger charge is -2.03. The Balaban J connectivity index is 1.97. The van der Waals surface area contributed by atoms with E-state index in [1.165, 1.54) is 35.2 Å². The summed E-state index contributed by atoms with van der Waals surface area (Å²) in [5.41, 5.74) is 1.40. The number of hydrogen-bond donors (Lipinski definition) is 1. The third kappa shape index (κ3) is 4.09. The number of amides is 1. The minimum atomic E-state index is -0.466. The second-order valence-corrected chi connectivity index (χ2v) is 6.96. The third-order valence-corrected chi connectivity index (χ3v) is 5.30. The second kappa shape index (κ2) is 7.26. The summed E-state index contributed by atoms with van der Waals surface area (Å²) in [5, 5.41) is 23.0. The van der Waals surface area contributed by atoms with Gasteiger partial charge in [0.05, 0.1) is 16.2 Å². The molecule has 0 aliphatic heterocycles. The SMILES string of the molecule is Cc1sc(NC(=O)CSc2ccc([N+](=O)[O-])cc2)c(C#N)c1C. The van der Waals surface area contributed by atoms with Gasteiger partial charge in [0, 0.05) is 21.9 Å². The average Bonchev–Trinajstić information content (AvgIpc) is 2.79. The molecule has 6 nitrogen and oxygen atoms in total. The monoisotopic (exact) mass is 347 g/mol. The van der Waals surface area contributed by atoms with E-state index in [1.54, 1.807) is 12.1 Å². The predicted octanol–water partition coefficient (Wildman–Crippen LogP) is 3.88. The molecule has 0 fully saturated rings. The van der Waals surface area contributed by atoms with E-state index in [1.807, 2.05) is 13.8 Å². The number of nitro benzene ring substituents is 1. The first-order chi connectivity index (χ1) is 10.9. The van der Waals surface area contributed by atoms with Gasteiger partial charge in [0.1, 0.15) is 11.1 Å². The first-order valence-electron chi connectivity index (χ1n) is 6.59. The standard InChI is InChI=1S/C15H13N3O3S2/c1-9-10(2)23-15(13(9)7-16)17-14(19)8-22-12-5-3-11(4-6-12)18(20)21/h3-6H,8H2,1-2H3,(H,17,19). The number of non-ortho nitro benzene ring substituents is 1. The Morgan fingerprint density at radius 1 is 1.39 bits per heavy atom. The molecule has 1 heterocycles. The number of aryl methyl sites for hydroxylation is 1. The van der Waals surface area contributed by atoms with E-state index in [-0.39, 0.29) is 17.3 Å². The van der Waals surface area contributed by atoms with Crippen LogP contribution in [0.25, 0.3) is 0 Å². The van der Waals surface area contributed by atoms with Gasteiger partial charge in [0.2, 0.25) is 5.91 Å². The van der Waals surface area contributed by atoms with Crippen LogP contribution in [-0.2, 0) is 4.79 Å². The number of hydrogen-bond acceptors (Lipinski definition) is 6. The van der Waals surface area contributed by atoms with E-state index in [0.29, 0.717) is 10.6 Å². The molecule has 0 saturated carbocycles. The zero-order valence-corrected chi connectivity index (χ0v) is 14.1. The fraction of sp³-hybridized carbons (Fsp3) is 0.200. The van der Waals surface area contributed by atoms with Crippen molar-refractivity contribution in [2.75, 3.05) is 11.1 Å². The molecule has 23 heavy (non-hydrogen) atoms. The number of rotatable bonds is 5. The fourth-order valence-electron chi connectivity index (χ4n) is 1.83. The van der Waals surface area contributed by atoms with Gasteiger partial charge in [-0.3, -0.25) is 14.9 Å². The van der Waals surface area contributed by atoms with Crippen molar-refractivity contribution in [2.24, 2.45) is 0 Å². The molecule has 0 atom stereocenters. The van der Waals surface area contributed by atoms with Gasteiger partial charge in [-0.25, -0.2) is 0 Å². The Morgan fingerprint density at radius 3 is 2.61 bits per heavy atom. The number of carbonyl (C=O) groups is 1. The van der Waals surface area contributed by atoms with E-state index in [9.17, 15) is 14.9 Å². The van der Waals surface area contributed by atoms with E-state index < -0.39 is 4.92 Å². The Hall–Kier alpha value is -2.37. The fourth-order valence-corrected chi connectivity index (χ4v) is 3.55. The lowest BCUT2D eigenvalue weighted by Crippen LogP contribution is -2.13. The molecule has 118 valence electrons. The normalized spacial score (nSPS) is 10.1. The van der Waals surface area contributed by atoms with Crippen molar-refractivity contribution >= 4 is 39.7 Å². The minimum absolute atomic E-state index is 0.0157. The topological polar surface area (TPSA) is 96.0 Å². The second-order valence-electron chi connectivity index (χ2n) is 4.69. The lowest BCUT2D eigenvalue weighted by molar-refractivity contribution is -0.384. The van der Waals surface area contributed by atoms with E-state index >= 15 is 0 Å². The molecule has 0 aliphatic carbocycles. The molecule has 1 amide bonds. The van der Waals surface area contributed by atoms with Crippen LogP contribution in [0.5, 0.6) is 0 Å². The molecule has 0 saturated heterocycles. The number of nitrogens with zero attached hydrogens (tertiary/aromatic N) is 2. The number of nitriles is 1. The maximum Gasteiger partial charge on any atom is 0.269 e. The molecule has 2 aromatic rings. The molecule has 0 radical (unpaired) electrons. The highest BCUT2D eigenvalue weighted by molar-refractivity contribution is 8.00. The largest absolute Gasteiger partial charge is 0.316 e. The van der Waals surface area contributed by atoms with Gasteiger partial charge in [0.15, 0.2) is 0 Å². The molecule has 0 bridgehead atoms. The number of anilines is 1. The summed E-state index contributed by atoms with van der Waals surface area (Å²) in [7, 11) is 0. The maximum atomic E-state index is 12.0. The lowest BCUT2D eigenvalue weighted by atomic mass is 10.2. The summed E-state index contributed by atoms with van der Waals surface area (Å²) < 4.78 is 0. The Morgan fingerprint density at radius 2 is 2.04 bits per heavy atom. The van der Waals surface area contributed by atoms with Crippen molar-refractivity contribution in [3.8, 4) is 6.07 Å². The van der Waals surface area contributed by atoms with E-state index in [2.05, 4.69) is 11.4 Å². The maximum absolute atomic E-state index is 12.0. The highest BCUT2D eigenvalue weighted by atomic mass is 32.2. The first-order valence-corrected chi connectivity index (χ1v) is 8.39. The molecule has 2 rings (SSSR count). The summed E-state index contributed by atoms with van der Waals surface area (Å²) in [4.78, 5) is 23.9. The zero-order valence-electron chi connectivity index (χ0n) is 12.5. The van der Waals surface area contributed by atoms with Gasteiger partial charge in [-0.1, -0.05) is 0 Å². The summed E-state index contributed by atoms with van der Waals surface area (Å²) in [5.74, 6) is -0.0512. The van der Waals surface area contributed by atoms with Crippen molar-refractivity contribution in [3.63, 3.8) is 0 Å². The molecule has 0 spiro atoms. The van der Waals surface area contributed by atoms with Crippen LogP contribution in [0.2, 0.25) is 0 Å². The van der Waals surface area contributed by atoms with Gasteiger partial charge in [-0.05, 0) is 31.5 Å². The van der Waals surface area contributed by atoms with Crippen molar-refractivity contribution in [1.29, 1.82) is 5.26 Å². The third-order valence-electron chi connectivity index (χ3n) is 3.17. The summed E-state index contributed by atoms with van der Waals surface area (Å²) in [6, 6.07) is 8.13. The van der Waals surface area contributed by atoms with Crippen LogP contribution in [0, 0.1) is 35.3 Å². The molecular weight excluding hydrogens is 334 g/mol. The first kappa shape index (κ1) is 17.0. The van der Waals surface area contributed by atoms with Crippen LogP contribution in [0.4, 0.5) is 10.7 Å². The van der Waals surface area contributed by atoms with E-state index in [4.69, 9.17) is 5.26 Å². The van der Waals surface area contributed by atoms with Crippen molar-refractivity contribution in [2.45, 2.75) is 18.7 Å². The molecule has 0 aliphatic rings. The van der Waals surface area contributed by atoms with Gasteiger partial charge >= 0.3 is 0 Å². The minimum Gasteiger partial charge on any atom is -0.316 e. The van der Waals surface area contributed by atoms with Crippen molar-refractivity contribution in [1.82, 2.24) is 0 Å². The van der Waals surface area contributed by atoms with Gasteiger partial charge in [-0.15, -0.1) is 23.1 Å². The van der Waals surface area contributed by atoms with Crippen LogP contribution in [0.3, 0.4) is 0 Å². The molecule has 1 aromatic heterocycles. The van der Waals surface area contributed by atoms with Crippen molar-refractivity contribution < 1.29 is 9.72 Å². The zero-order chi connectivity index (χ0) is 17.0. The smallest absolute Gasteiger partial charge is 0.269 e. The van der Waals surface area contributed by atoms with Crippen LogP contribution >= 0.6 is 23.1 Å². The Labute approximate surface area is 141 Å².